The molecule has 1 heterocycles. The summed E-state index contributed by atoms with van der Waals surface area (Å²) in [6.45, 7) is 5.08. The summed E-state index contributed by atoms with van der Waals surface area (Å²) in [7, 11) is 0. The Kier molecular flexibility index (Phi) is 5.79. The van der Waals surface area contributed by atoms with Crippen LogP contribution < -0.4 is 16.8 Å². The number of halogens is 4. The number of nitrogens with one attached hydrogen (secondary N) is 1. The number of rotatable bonds is 4. The molecule has 0 spiro atoms. The number of aliphatic hydroxyl groups is 2. The summed E-state index contributed by atoms with van der Waals surface area (Å²) in [4.78, 5) is 24.5. The van der Waals surface area contributed by atoms with Crippen LogP contribution in [0.1, 0.15) is 34.1 Å². The van der Waals surface area contributed by atoms with Crippen molar-refractivity contribution >= 4 is 32.2 Å². The number of hydrogen-bond acceptors (Lipinski definition) is 7. The minimum atomic E-state index is -5.43. The van der Waals surface area contributed by atoms with Crippen molar-refractivity contribution in [1.29, 1.82) is 0 Å². The minimum Gasteiger partial charge on any atom is -0.374 e. The van der Waals surface area contributed by atoms with Gasteiger partial charge in [-0.3, -0.25) is 14.9 Å². The van der Waals surface area contributed by atoms with Gasteiger partial charge in [0.25, 0.3) is 0 Å². The van der Waals surface area contributed by atoms with Gasteiger partial charge in [-0.05, 0) is 26.2 Å². The van der Waals surface area contributed by atoms with Crippen LogP contribution in [0.4, 0.5) is 13.2 Å². The number of nitrogens with two attached hydrogens (primary N) is 2. The van der Waals surface area contributed by atoms with Crippen LogP contribution in [0.2, 0.25) is 0 Å². The normalized spacial score (nSPS) is 42.5. The number of hydrogen-bond donors (Lipinski definition) is 5. The Morgan fingerprint density at radius 2 is 1.68 bits per heavy atom. The van der Waals surface area contributed by atoms with Crippen molar-refractivity contribution in [2.45, 2.75) is 62.8 Å². The van der Waals surface area contributed by atoms with E-state index in [1.54, 1.807) is 19.2 Å². The van der Waals surface area contributed by atoms with E-state index < -0.39 is 44.2 Å². The Bertz CT molecular complexity index is 586. The maximum absolute atomic E-state index is 13.7. The molecular formula is C14H23F3IN3O4. The van der Waals surface area contributed by atoms with E-state index in [9.17, 15) is 33.0 Å². The summed E-state index contributed by atoms with van der Waals surface area (Å²) in [5.41, 5.74) is -0.0789. The zero-order valence-corrected chi connectivity index (χ0v) is 16.4. The molecule has 11 heteroatoms. The molecule has 1 rings (SSSR count). The van der Waals surface area contributed by atoms with Gasteiger partial charge in [0.05, 0.1) is 0 Å². The molecular weight excluding hydrogens is 458 g/mol. The fourth-order valence-electron chi connectivity index (χ4n) is 3.53. The molecule has 1 aliphatic rings. The maximum atomic E-state index is 13.7. The lowest BCUT2D eigenvalue weighted by atomic mass is 9.56. The van der Waals surface area contributed by atoms with Crippen molar-refractivity contribution < 1.29 is 33.0 Å². The lowest BCUT2D eigenvalue weighted by molar-refractivity contribution is -0.337. The summed E-state index contributed by atoms with van der Waals surface area (Å²) < 4.78 is 39.9. The zero-order valence-electron chi connectivity index (χ0n) is 14.2. The molecule has 0 radical (unpaired) electrons. The van der Waals surface area contributed by atoms with Gasteiger partial charge in [0.15, 0.2) is 5.78 Å². The van der Waals surface area contributed by atoms with Crippen LogP contribution in [0.5, 0.6) is 0 Å². The molecule has 1 saturated heterocycles. The van der Waals surface area contributed by atoms with Crippen molar-refractivity contribution in [1.82, 2.24) is 5.32 Å². The van der Waals surface area contributed by atoms with Gasteiger partial charge < -0.3 is 21.7 Å². The van der Waals surface area contributed by atoms with Crippen molar-refractivity contribution in [2.75, 3.05) is 0 Å². The maximum Gasteiger partial charge on any atom is 0.433 e. The predicted octanol–water partition coefficient (Wildman–Crippen LogP) is 0.157. The first-order valence-electron chi connectivity index (χ1n) is 7.49. The van der Waals surface area contributed by atoms with E-state index in [1.165, 1.54) is 0 Å². The summed E-state index contributed by atoms with van der Waals surface area (Å²) in [6, 6.07) is 0. The highest BCUT2D eigenvalue weighted by Gasteiger charge is 2.80. The molecule has 0 bridgehead atoms. The molecule has 7 nitrogen and oxygen atoms in total. The standard InChI is InChI=1S/C14H23F3IN3O4/c1-6(2)5-8-11(19,7(3)22)10(4,24)21-13(25,14(15,16)17)12(8,20)9(18)23/h6,8,21,24-25H,5,19-20H2,1-4H3. The number of ketones is 1. The van der Waals surface area contributed by atoms with Crippen LogP contribution in [0.15, 0.2) is 0 Å². The molecule has 0 aliphatic carbocycles. The predicted molar refractivity (Wildman–Crippen MR) is 91.3 cm³/mol. The third-order valence-electron chi connectivity index (χ3n) is 4.95. The van der Waals surface area contributed by atoms with E-state index in [1.807, 2.05) is 0 Å². The fourth-order valence-corrected chi connectivity index (χ4v) is 4.29. The van der Waals surface area contributed by atoms with Crippen LogP contribution in [0, 0.1) is 11.8 Å². The summed E-state index contributed by atoms with van der Waals surface area (Å²) in [6.07, 6.45) is -5.64. The average Bonchev–Trinajstić information content (AvgIpc) is 2.38. The molecule has 146 valence electrons. The molecule has 1 fully saturated rings. The van der Waals surface area contributed by atoms with E-state index in [0.717, 1.165) is 36.4 Å². The van der Waals surface area contributed by atoms with Crippen molar-refractivity contribution in [3.63, 3.8) is 0 Å². The van der Waals surface area contributed by atoms with Crippen LogP contribution in [0.25, 0.3) is 0 Å². The Hall–Kier alpha value is -0.340. The van der Waals surface area contributed by atoms with Crippen LogP contribution in [-0.4, -0.2) is 48.5 Å². The van der Waals surface area contributed by atoms with Crippen LogP contribution in [-0.2, 0) is 9.59 Å². The quantitative estimate of drug-likeness (QED) is 0.285. The number of Topliss-reactive ketones (excluding diaryl/α,β-unsaturated/α-hetero) is 1. The first-order chi connectivity index (χ1) is 10.9. The fraction of sp³-hybridized carbons (Fsp3) is 0.857. The number of alkyl halides is 3. The van der Waals surface area contributed by atoms with E-state index >= 15 is 0 Å². The van der Waals surface area contributed by atoms with Gasteiger partial charge in [-0.25, -0.2) is 0 Å². The average molecular weight is 481 g/mol. The third-order valence-corrected chi connectivity index (χ3v) is 5.85. The van der Waals surface area contributed by atoms with E-state index in [0.29, 0.717) is 0 Å². The minimum absolute atomic E-state index is 0.211. The number of carbonyl (C=O) groups excluding carboxylic acids is 2. The highest BCUT2D eigenvalue weighted by molar-refractivity contribution is 14.1. The van der Waals surface area contributed by atoms with Crippen molar-refractivity contribution in [3.05, 3.63) is 0 Å². The summed E-state index contributed by atoms with van der Waals surface area (Å²) in [5, 5.41) is 22.5. The van der Waals surface area contributed by atoms with Crippen LogP contribution >= 0.6 is 22.6 Å². The third kappa shape index (κ3) is 3.02. The second kappa shape index (κ2) is 6.37. The van der Waals surface area contributed by atoms with Crippen LogP contribution in [0.3, 0.4) is 0 Å². The van der Waals surface area contributed by atoms with Gasteiger partial charge in [0.1, 0.15) is 16.8 Å². The Morgan fingerprint density at radius 3 is 1.96 bits per heavy atom. The Morgan fingerprint density at radius 1 is 1.24 bits per heavy atom. The van der Waals surface area contributed by atoms with E-state index in [4.69, 9.17) is 11.5 Å². The molecule has 0 amide bonds. The van der Waals surface area contributed by atoms with Gasteiger partial charge in [-0.2, -0.15) is 13.2 Å². The largest absolute Gasteiger partial charge is 0.433 e. The van der Waals surface area contributed by atoms with Gasteiger partial charge in [0.2, 0.25) is 9.51 Å². The van der Waals surface area contributed by atoms with Crippen molar-refractivity contribution in [3.8, 4) is 0 Å². The SMILES string of the molecule is CC(=O)C1(N)C(CC(C)C)C(N)(C(=O)I)C(O)(C(F)(F)F)NC1(C)O. The Labute approximate surface area is 156 Å². The van der Waals surface area contributed by atoms with Crippen molar-refractivity contribution in [2.24, 2.45) is 23.3 Å². The summed E-state index contributed by atoms with van der Waals surface area (Å²) in [5.74, 6) is -2.89. The first-order valence-corrected chi connectivity index (χ1v) is 8.57. The van der Waals surface area contributed by atoms with E-state index in [-0.39, 0.29) is 12.3 Å². The molecule has 0 aromatic heterocycles. The lowest BCUT2D eigenvalue weighted by Crippen LogP contribution is -2.94. The molecule has 25 heavy (non-hydrogen) atoms. The number of piperidine rings is 1. The zero-order chi connectivity index (χ0) is 20.2. The van der Waals surface area contributed by atoms with Gasteiger partial charge in [-0.15, -0.1) is 0 Å². The molecule has 0 saturated carbocycles. The highest BCUT2D eigenvalue weighted by Crippen LogP contribution is 2.52. The molecule has 5 unspecified atom stereocenters. The van der Waals surface area contributed by atoms with E-state index in [2.05, 4.69) is 0 Å². The van der Waals surface area contributed by atoms with Gasteiger partial charge in [-0.1, -0.05) is 13.8 Å². The monoisotopic (exact) mass is 481 g/mol. The van der Waals surface area contributed by atoms with Gasteiger partial charge in [0, 0.05) is 28.5 Å². The molecule has 5 atom stereocenters. The Balaban J connectivity index is 3.91. The topological polar surface area (TPSA) is 139 Å². The first kappa shape index (κ1) is 22.7. The highest BCUT2D eigenvalue weighted by atomic mass is 127. The second-order valence-electron chi connectivity index (χ2n) is 7.16. The van der Waals surface area contributed by atoms with Gasteiger partial charge >= 0.3 is 6.18 Å². The molecule has 1 aliphatic heterocycles. The molecule has 0 aromatic rings. The molecule has 7 N–H and O–H groups in total. The number of carbonyl (C=O) groups is 2. The second-order valence-corrected chi connectivity index (χ2v) is 8.14. The smallest absolute Gasteiger partial charge is 0.374 e. The summed E-state index contributed by atoms with van der Waals surface area (Å²) >= 11 is 1.05. The molecule has 0 aromatic carbocycles. The lowest BCUT2D eigenvalue weighted by Gasteiger charge is -2.62.